The molecule has 6 nitrogen and oxygen atoms in total. The lowest BCUT2D eigenvalue weighted by atomic mass is 9.64. The predicted octanol–water partition coefficient (Wildman–Crippen LogP) is 4.37. The fourth-order valence-electron chi connectivity index (χ4n) is 4.33. The molecule has 32 heavy (non-hydrogen) atoms. The second-order valence-corrected chi connectivity index (χ2v) is 9.66. The van der Waals surface area contributed by atoms with E-state index in [1.54, 1.807) is 18.2 Å². The molecule has 0 radical (unpaired) electrons. The van der Waals surface area contributed by atoms with E-state index < -0.39 is 34.6 Å². The number of para-hydroxylation sites is 1. The fourth-order valence-corrected chi connectivity index (χ4v) is 5.54. The van der Waals surface area contributed by atoms with Gasteiger partial charge in [0, 0.05) is 18.1 Å². The highest BCUT2D eigenvalue weighted by Gasteiger charge is 2.51. The van der Waals surface area contributed by atoms with E-state index >= 15 is 0 Å². The molecule has 0 bridgehead atoms. The highest BCUT2D eigenvalue weighted by Crippen LogP contribution is 2.53. The van der Waals surface area contributed by atoms with Gasteiger partial charge in [0.2, 0.25) is 0 Å². The molecule has 1 fully saturated rings. The number of carbonyl (C=O) groups excluding carboxylic acids is 1. The Hall–Kier alpha value is -2.75. The van der Waals surface area contributed by atoms with Gasteiger partial charge in [0.05, 0.1) is 31.2 Å². The van der Waals surface area contributed by atoms with Crippen LogP contribution in [0.2, 0.25) is 0 Å². The summed E-state index contributed by atoms with van der Waals surface area (Å²) in [7, 11) is -2.72. The van der Waals surface area contributed by atoms with Gasteiger partial charge >= 0.3 is 6.18 Å². The number of Topliss-reactive ketones (excluding diaryl/α,β-unsaturated/α-hetero) is 1. The Morgan fingerprint density at radius 3 is 2.47 bits per heavy atom. The van der Waals surface area contributed by atoms with Gasteiger partial charge in [-0.05, 0) is 36.6 Å². The minimum Gasteiger partial charge on any atom is -0.495 e. The minimum atomic E-state index is -4.39. The van der Waals surface area contributed by atoms with E-state index in [-0.39, 0.29) is 34.3 Å². The molecule has 10 heteroatoms. The Balaban J connectivity index is 1.71. The number of halogens is 3. The summed E-state index contributed by atoms with van der Waals surface area (Å²) in [4.78, 5) is 12.6. The molecule has 0 saturated heterocycles. The van der Waals surface area contributed by atoms with E-state index in [1.807, 2.05) is 0 Å². The Morgan fingerprint density at radius 2 is 1.84 bits per heavy atom. The van der Waals surface area contributed by atoms with Crippen molar-refractivity contribution in [1.82, 2.24) is 0 Å². The molecule has 2 aromatic carbocycles. The minimum absolute atomic E-state index is 0.0100. The van der Waals surface area contributed by atoms with Gasteiger partial charge in [0.25, 0.3) is 10.0 Å². The molecule has 172 valence electrons. The molecule has 0 aromatic heterocycles. The van der Waals surface area contributed by atoms with Crippen molar-refractivity contribution in [3.63, 3.8) is 0 Å². The second-order valence-electron chi connectivity index (χ2n) is 8.01. The lowest BCUT2D eigenvalue weighted by molar-refractivity contribution is -0.139. The van der Waals surface area contributed by atoms with E-state index in [0.717, 1.165) is 6.42 Å². The molecule has 4 rings (SSSR count). The van der Waals surface area contributed by atoms with Crippen molar-refractivity contribution >= 4 is 21.5 Å². The van der Waals surface area contributed by atoms with Crippen molar-refractivity contribution in [2.45, 2.75) is 48.6 Å². The highest BCUT2D eigenvalue weighted by molar-refractivity contribution is 7.92. The number of ketones is 1. The maximum Gasteiger partial charge on any atom is 0.392 e. The number of carbonyl (C=O) groups is 1. The first-order valence-electron chi connectivity index (χ1n) is 10.1. The van der Waals surface area contributed by atoms with E-state index in [2.05, 4.69) is 4.72 Å². The van der Waals surface area contributed by atoms with Crippen molar-refractivity contribution in [2.75, 3.05) is 18.4 Å². The van der Waals surface area contributed by atoms with E-state index in [0.29, 0.717) is 24.0 Å². The largest absolute Gasteiger partial charge is 0.495 e. The molecular weight excluding hydrogens is 447 g/mol. The SMILES string of the molecule is COc1ccccc1S(=O)(=O)Nc1cc(OCCC(F)(F)F)c2c(c1)C1(CCC1)C(=O)C2. The topological polar surface area (TPSA) is 81.7 Å². The zero-order chi connectivity index (χ0) is 23.1. The summed E-state index contributed by atoms with van der Waals surface area (Å²) in [5, 5.41) is 0. The number of sulfonamides is 1. The molecule has 0 atom stereocenters. The molecule has 0 heterocycles. The molecule has 0 aliphatic heterocycles. The van der Waals surface area contributed by atoms with Gasteiger partial charge in [-0.3, -0.25) is 9.52 Å². The predicted molar refractivity (Wildman–Crippen MR) is 111 cm³/mol. The average Bonchev–Trinajstić information content (AvgIpc) is 2.99. The van der Waals surface area contributed by atoms with Gasteiger partial charge in [0.1, 0.15) is 22.2 Å². The molecule has 2 aliphatic carbocycles. The number of hydrogen-bond acceptors (Lipinski definition) is 5. The molecule has 2 aliphatic rings. The Bertz CT molecular complexity index is 1160. The quantitative estimate of drug-likeness (QED) is 0.651. The third-order valence-electron chi connectivity index (χ3n) is 6.06. The summed E-state index contributed by atoms with van der Waals surface area (Å²) < 4.78 is 76.8. The summed E-state index contributed by atoms with van der Waals surface area (Å²) in [6.45, 7) is -0.625. The third-order valence-corrected chi connectivity index (χ3v) is 7.48. The zero-order valence-electron chi connectivity index (χ0n) is 17.3. The van der Waals surface area contributed by atoms with Crippen LogP contribution in [0.4, 0.5) is 18.9 Å². The van der Waals surface area contributed by atoms with E-state index in [9.17, 15) is 26.4 Å². The monoisotopic (exact) mass is 469 g/mol. The van der Waals surface area contributed by atoms with Crippen LogP contribution in [0, 0.1) is 0 Å². The molecule has 1 saturated carbocycles. The smallest absolute Gasteiger partial charge is 0.392 e. The number of hydrogen-bond donors (Lipinski definition) is 1. The van der Waals surface area contributed by atoms with Crippen molar-refractivity contribution in [1.29, 1.82) is 0 Å². The lowest BCUT2D eigenvalue weighted by Crippen LogP contribution is -2.39. The van der Waals surface area contributed by atoms with Crippen molar-refractivity contribution in [3.8, 4) is 11.5 Å². The normalized spacial score (nSPS) is 17.1. The van der Waals surface area contributed by atoms with Crippen LogP contribution in [0.25, 0.3) is 0 Å². The number of alkyl halides is 3. The highest BCUT2D eigenvalue weighted by atomic mass is 32.2. The fraction of sp³-hybridized carbons (Fsp3) is 0.409. The zero-order valence-corrected chi connectivity index (χ0v) is 18.1. The van der Waals surface area contributed by atoms with E-state index in [1.165, 1.54) is 25.3 Å². The maximum atomic E-state index is 13.0. The molecule has 1 N–H and O–H groups in total. The van der Waals surface area contributed by atoms with Gasteiger partial charge in [-0.1, -0.05) is 18.6 Å². The molecule has 1 spiro atoms. The summed E-state index contributed by atoms with van der Waals surface area (Å²) in [6, 6.07) is 9.01. The first-order chi connectivity index (χ1) is 15.1. The number of fused-ring (bicyclic) bond motifs is 2. The van der Waals surface area contributed by atoms with Gasteiger partial charge < -0.3 is 9.47 Å². The van der Waals surface area contributed by atoms with Crippen LogP contribution >= 0.6 is 0 Å². The molecule has 0 unspecified atom stereocenters. The maximum absolute atomic E-state index is 13.0. The van der Waals surface area contributed by atoms with Crippen LogP contribution in [0.15, 0.2) is 41.3 Å². The molecular formula is C22H22F3NO5S. The van der Waals surface area contributed by atoms with Crippen LogP contribution in [-0.2, 0) is 26.7 Å². The number of ether oxygens (including phenoxy) is 2. The lowest BCUT2D eigenvalue weighted by Gasteiger charge is -2.37. The van der Waals surface area contributed by atoms with Crippen LogP contribution in [0.5, 0.6) is 11.5 Å². The number of anilines is 1. The average molecular weight is 469 g/mol. The molecule has 0 amide bonds. The summed E-state index contributed by atoms with van der Waals surface area (Å²) >= 11 is 0. The summed E-state index contributed by atoms with van der Waals surface area (Å²) in [5.74, 6) is 0.235. The second kappa shape index (κ2) is 7.99. The summed E-state index contributed by atoms with van der Waals surface area (Å²) in [5.41, 5.74) is 0.592. The Labute approximate surface area is 183 Å². The first kappa shape index (κ1) is 22.4. The van der Waals surface area contributed by atoms with Crippen LogP contribution in [0.1, 0.15) is 36.8 Å². The van der Waals surface area contributed by atoms with E-state index in [4.69, 9.17) is 9.47 Å². The third kappa shape index (κ3) is 4.03. The first-order valence-corrected chi connectivity index (χ1v) is 11.6. The standard InChI is InChI=1S/C22H22F3NO5S/c1-30-17-5-2-3-6-19(17)32(28,29)26-14-11-16-15(13-20(27)21(16)7-4-8-21)18(12-14)31-10-9-22(23,24)25/h2-3,5-6,11-12,26H,4,7-10,13H2,1H3. The van der Waals surface area contributed by atoms with Gasteiger partial charge in [-0.15, -0.1) is 0 Å². The van der Waals surface area contributed by atoms with Crippen LogP contribution in [0.3, 0.4) is 0 Å². The number of methoxy groups -OCH3 is 1. The number of nitrogens with one attached hydrogen (secondary N) is 1. The number of rotatable bonds is 7. The molecule has 2 aromatic rings. The van der Waals surface area contributed by atoms with Crippen molar-refractivity contribution in [2.24, 2.45) is 0 Å². The van der Waals surface area contributed by atoms with Gasteiger partial charge in [-0.25, -0.2) is 8.42 Å². The Morgan fingerprint density at radius 1 is 1.12 bits per heavy atom. The van der Waals surface area contributed by atoms with Crippen LogP contribution < -0.4 is 14.2 Å². The van der Waals surface area contributed by atoms with Gasteiger partial charge in [-0.2, -0.15) is 13.2 Å². The Kier molecular flexibility index (Phi) is 5.60. The van der Waals surface area contributed by atoms with Crippen LogP contribution in [-0.4, -0.2) is 34.1 Å². The van der Waals surface area contributed by atoms with Crippen molar-refractivity contribution in [3.05, 3.63) is 47.5 Å². The van der Waals surface area contributed by atoms with Gasteiger partial charge in [0.15, 0.2) is 0 Å². The number of benzene rings is 2. The van der Waals surface area contributed by atoms with Crippen molar-refractivity contribution < 1.29 is 35.9 Å². The summed E-state index contributed by atoms with van der Waals surface area (Å²) in [6.07, 6.45) is -3.37.